The van der Waals surface area contributed by atoms with Gasteiger partial charge in [-0.1, -0.05) is 19.1 Å². The number of hydrogen-bond acceptors (Lipinski definition) is 4. The first-order chi connectivity index (χ1) is 11.0. The van der Waals surface area contributed by atoms with E-state index in [9.17, 15) is 9.59 Å². The quantitative estimate of drug-likeness (QED) is 0.796. The van der Waals surface area contributed by atoms with Crippen molar-refractivity contribution in [2.24, 2.45) is 0 Å². The Bertz CT molecular complexity index is 765. The molecule has 0 spiro atoms. The summed E-state index contributed by atoms with van der Waals surface area (Å²) in [6, 6.07) is 8.43. The molecule has 122 valence electrons. The third kappa shape index (κ3) is 3.67. The molecule has 0 saturated heterocycles. The Morgan fingerprint density at radius 3 is 2.52 bits per heavy atom. The van der Waals surface area contributed by atoms with E-state index in [-0.39, 0.29) is 12.2 Å². The molecule has 2 rings (SSSR count). The highest BCUT2D eigenvalue weighted by atomic mass is 16.5. The first-order valence-corrected chi connectivity index (χ1v) is 7.82. The predicted octanol–water partition coefficient (Wildman–Crippen LogP) is 3.04. The van der Waals surface area contributed by atoms with Crippen molar-refractivity contribution in [3.05, 3.63) is 51.8 Å². The summed E-state index contributed by atoms with van der Waals surface area (Å²) in [5.74, 6) is -0.429. The monoisotopic (exact) mass is 314 g/mol. The van der Waals surface area contributed by atoms with Crippen LogP contribution in [-0.4, -0.2) is 22.4 Å². The molecule has 1 heterocycles. The normalized spacial score (nSPS) is 12.0. The van der Waals surface area contributed by atoms with Crippen molar-refractivity contribution < 1.29 is 9.53 Å². The van der Waals surface area contributed by atoms with Gasteiger partial charge in [-0.05, 0) is 50.5 Å². The van der Waals surface area contributed by atoms with E-state index in [1.165, 1.54) is 16.3 Å². The van der Waals surface area contributed by atoms with E-state index in [4.69, 9.17) is 4.74 Å². The van der Waals surface area contributed by atoms with Crippen LogP contribution in [0.15, 0.2) is 35.1 Å². The molecule has 0 saturated carbocycles. The van der Waals surface area contributed by atoms with E-state index < -0.39 is 12.0 Å². The molecule has 0 fully saturated rings. The van der Waals surface area contributed by atoms with Crippen LogP contribution in [-0.2, 0) is 9.53 Å². The highest BCUT2D eigenvalue weighted by Crippen LogP contribution is 2.20. The molecule has 0 N–H and O–H groups in total. The first kappa shape index (κ1) is 16.9. The van der Waals surface area contributed by atoms with Gasteiger partial charge >= 0.3 is 5.97 Å². The smallest absolute Gasteiger partial charge is 0.331 e. The number of carbonyl (C=O) groups excluding carboxylic acids is 1. The molecule has 1 unspecified atom stereocenters. The Morgan fingerprint density at radius 1 is 1.17 bits per heavy atom. The van der Waals surface area contributed by atoms with Gasteiger partial charge in [-0.3, -0.25) is 4.79 Å². The number of aryl methyl sites for hydroxylation is 2. The van der Waals surface area contributed by atoms with Crippen LogP contribution < -0.4 is 5.56 Å². The minimum absolute atomic E-state index is 0.279. The van der Waals surface area contributed by atoms with Gasteiger partial charge in [0, 0.05) is 11.6 Å². The molecule has 0 radical (unpaired) electrons. The van der Waals surface area contributed by atoms with Gasteiger partial charge in [0.15, 0.2) is 6.04 Å². The van der Waals surface area contributed by atoms with Gasteiger partial charge in [-0.25, -0.2) is 9.48 Å². The SMILES string of the molecule is CCOC(=O)C(CC)n1nc(-c2ccc(C)c(C)c2)ccc1=O. The molecule has 0 aliphatic carbocycles. The van der Waals surface area contributed by atoms with E-state index >= 15 is 0 Å². The highest BCUT2D eigenvalue weighted by molar-refractivity contribution is 5.74. The minimum Gasteiger partial charge on any atom is -0.464 e. The molecule has 0 amide bonds. The minimum atomic E-state index is -0.700. The van der Waals surface area contributed by atoms with E-state index in [1.54, 1.807) is 13.0 Å². The second-order valence-corrected chi connectivity index (χ2v) is 5.48. The van der Waals surface area contributed by atoms with Crippen molar-refractivity contribution in [3.63, 3.8) is 0 Å². The number of aromatic nitrogens is 2. The molecule has 1 aromatic heterocycles. The predicted molar refractivity (Wildman–Crippen MR) is 89.4 cm³/mol. The van der Waals surface area contributed by atoms with Crippen LogP contribution in [0.1, 0.15) is 37.4 Å². The van der Waals surface area contributed by atoms with Crippen molar-refractivity contribution in [1.29, 1.82) is 0 Å². The summed E-state index contributed by atoms with van der Waals surface area (Å²) in [4.78, 5) is 24.2. The average molecular weight is 314 g/mol. The summed E-state index contributed by atoms with van der Waals surface area (Å²) in [6.45, 7) is 7.93. The third-order valence-corrected chi connectivity index (χ3v) is 3.87. The summed E-state index contributed by atoms with van der Waals surface area (Å²) < 4.78 is 6.27. The molecule has 1 atom stereocenters. The van der Waals surface area contributed by atoms with Crippen LogP contribution >= 0.6 is 0 Å². The molecule has 0 aliphatic rings. The maximum absolute atomic E-state index is 12.1. The molecular formula is C18H22N2O3. The lowest BCUT2D eigenvalue weighted by molar-refractivity contribution is -0.147. The fraction of sp³-hybridized carbons (Fsp3) is 0.389. The van der Waals surface area contributed by atoms with E-state index in [0.29, 0.717) is 12.1 Å². The standard InChI is InChI=1S/C18H22N2O3/c1-5-16(18(22)23-6-2)20-17(21)10-9-15(19-20)14-8-7-12(3)13(4)11-14/h7-11,16H,5-6H2,1-4H3. The fourth-order valence-electron chi connectivity index (χ4n) is 2.38. The molecule has 5 heteroatoms. The Labute approximate surface area is 135 Å². The second kappa shape index (κ2) is 7.22. The van der Waals surface area contributed by atoms with Gasteiger partial charge in [0.05, 0.1) is 12.3 Å². The summed E-state index contributed by atoms with van der Waals surface area (Å²) in [7, 11) is 0. The van der Waals surface area contributed by atoms with Gasteiger partial charge in [-0.2, -0.15) is 5.10 Å². The lowest BCUT2D eigenvalue weighted by Crippen LogP contribution is -2.32. The molecule has 0 aliphatic heterocycles. The number of esters is 1. The van der Waals surface area contributed by atoms with Gasteiger partial charge in [0.1, 0.15) is 0 Å². The van der Waals surface area contributed by atoms with Crippen molar-refractivity contribution in [3.8, 4) is 11.3 Å². The Balaban J connectivity index is 2.47. The summed E-state index contributed by atoms with van der Waals surface area (Å²) >= 11 is 0. The van der Waals surface area contributed by atoms with Crippen LogP contribution in [0.4, 0.5) is 0 Å². The van der Waals surface area contributed by atoms with Crippen LogP contribution in [0.3, 0.4) is 0 Å². The summed E-state index contributed by atoms with van der Waals surface area (Å²) in [5, 5.41) is 4.39. The number of rotatable bonds is 5. The summed E-state index contributed by atoms with van der Waals surface area (Å²) in [6.07, 6.45) is 0.447. The Hall–Kier alpha value is -2.43. The van der Waals surface area contributed by atoms with Crippen molar-refractivity contribution in [2.75, 3.05) is 6.61 Å². The Morgan fingerprint density at radius 2 is 1.91 bits per heavy atom. The number of nitrogens with zero attached hydrogens (tertiary/aromatic N) is 2. The van der Waals surface area contributed by atoms with Crippen molar-refractivity contribution >= 4 is 5.97 Å². The van der Waals surface area contributed by atoms with Gasteiger partial charge in [0.2, 0.25) is 0 Å². The topological polar surface area (TPSA) is 61.2 Å². The lowest BCUT2D eigenvalue weighted by Gasteiger charge is -2.16. The zero-order valence-electron chi connectivity index (χ0n) is 14.0. The first-order valence-electron chi connectivity index (χ1n) is 7.82. The molecular weight excluding hydrogens is 292 g/mol. The number of carbonyl (C=O) groups is 1. The average Bonchev–Trinajstić information content (AvgIpc) is 2.53. The Kier molecular flexibility index (Phi) is 5.32. The van der Waals surface area contributed by atoms with Crippen molar-refractivity contribution in [1.82, 2.24) is 9.78 Å². The molecule has 23 heavy (non-hydrogen) atoms. The van der Waals surface area contributed by atoms with Gasteiger partial charge in [0.25, 0.3) is 5.56 Å². The molecule has 1 aromatic carbocycles. The largest absolute Gasteiger partial charge is 0.464 e. The van der Waals surface area contributed by atoms with Crippen LogP contribution in [0.2, 0.25) is 0 Å². The molecule has 2 aromatic rings. The van der Waals surface area contributed by atoms with Gasteiger partial charge in [-0.15, -0.1) is 0 Å². The number of ether oxygens (including phenoxy) is 1. The molecule has 0 bridgehead atoms. The maximum atomic E-state index is 12.1. The highest BCUT2D eigenvalue weighted by Gasteiger charge is 2.22. The third-order valence-electron chi connectivity index (χ3n) is 3.87. The molecule has 5 nitrogen and oxygen atoms in total. The second-order valence-electron chi connectivity index (χ2n) is 5.48. The number of hydrogen-bond donors (Lipinski definition) is 0. The fourth-order valence-corrected chi connectivity index (χ4v) is 2.38. The lowest BCUT2D eigenvalue weighted by atomic mass is 10.0. The van der Waals surface area contributed by atoms with Gasteiger partial charge < -0.3 is 4.74 Å². The summed E-state index contributed by atoms with van der Waals surface area (Å²) in [5.41, 5.74) is 3.62. The number of benzene rings is 1. The van der Waals surface area contributed by atoms with E-state index in [2.05, 4.69) is 5.10 Å². The van der Waals surface area contributed by atoms with E-state index in [1.807, 2.05) is 39.0 Å². The van der Waals surface area contributed by atoms with E-state index in [0.717, 1.165) is 11.1 Å². The maximum Gasteiger partial charge on any atom is 0.331 e. The van der Waals surface area contributed by atoms with Crippen LogP contribution in [0.5, 0.6) is 0 Å². The van der Waals surface area contributed by atoms with Crippen LogP contribution in [0.25, 0.3) is 11.3 Å². The zero-order chi connectivity index (χ0) is 17.0. The van der Waals surface area contributed by atoms with Crippen LogP contribution in [0, 0.1) is 13.8 Å². The zero-order valence-corrected chi connectivity index (χ0v) is 14.0. The van der Waals surface area contributed by atoms with Crippen molar-refractivity contribution in [2.45, 2.75) is 40.2 Å².